The highest BCUT2D eigenvalue weighted by Gasteiger charge is 2.43. The second-order valence-electron chi connectivity index (χ2n) is 8.91. The van der Waals surface area contributed by atoms with Crippen LogP contribution in [0.4, 0.5) is 0 Å². The lowest BCUT2D eigenvalue weighted by Crippen LogP contribution is -2.50. The van der Waals surface area contributed by atoms with Crippen molar-refractivity contribution in [2.75, 3.05) is 13.1 Å². The predicted octanol–water partition coefficient (Wildman–Crippen LogP) is 2.14. The fourth-order valence-corrected chi connectivity index (χ4v) is 5.73. The Bertz CT molecular complexity index is 675. The number of aliphatic hydroxyl groups is 1. The SMILES string of the molecule is CC1CC2CC(C1)CC(O)(CN1CCc3cc(C(=O)NO)cnc3C1)C2. The normalized spacial score (nSPS) is 34.2. The molecule has 142 valence electrons. The summed E-state index contributed by atoms with van der Waals surface area (Å²) in [5.41, 5.74) is 3.50. The highest BCUT2D eigenvalue weighted by molar-refractivity contribution is 5.93. The minimum absolute atomic E-state index is 0.382. The van der Waals surface area contributed by atoms with Crippen molar-refractivity contribution in [1.29, 1.82) is 0 Å². The molecule has 2 saturated carbocycles. The third-order valence-corrected chi connectivity index (χ3v) is 6.49. The number of pyridine rings is 1. The van der Waals surface area contributed by atoms with Crippen molar-refractivity contribution < 1.29 is 15.1 Å². The first kappa shape index (κ1) is 17.9. The molecular formula is C20H29N3O3. The van der Waals surface area contributed by atoms with Gasteiger partial charge in [0.25, 0.3) is 5.91 Å². The molecule has 1 aromatic heterocycles. The van der Waals surface area contributed by atoms with Crippen molar-refractivity contribution in [3.8, 4) is 0 Å². The Morgan fingerprint density at radius 3 is 2.77 bits per heavy atom. The second kappa shape index (κ2) is 6.91. The van der Waals surface area contributed by atoms with E-state index in [2.05, 4.69) is 16.8 Å². The molecule has 6 heteroatoms. The molecule has 26 heavy (non-hydrogen) atoms. The van der Waals surface area contributed by atoms with Crippen LogP contribution in [-0.2, 0) is 13.0 Å². The quantitative estimate of drug-likeness (QED) is 0.569. The number of fused-ring (bicyclic) bond motifs is 3. The summed E-state index contributed by atoms with van der Waals surface area (Å²) in [4.78, 5) is 18.3. The van der Waals surface area contributed by atoms with Gasteiger partial charge in [0.15, 0.2) is 0 Å². The van der Waals surface area contributed by atoms with Crippen molar-refractivity contribution in [2.24, 2.45) is 17.8 Å². The van der Waals surface area contributed by atoms with Gasteiger partial charge in [-0.25, -0.2) is 5.48 Å². The summed E-state index contributed by atoms with van der Waals surface area (Å²) in [5.74, 6) is 1.63. The number of amides is 1. The molecule has 6 nitrogen and oxygen atoms in total. The third kappa shape index (κ3) is 3.63. The number of β-amino-alcohol motifs (C(OH)–C–C–N with tert-alkyl or cyclic N) is 1. The topological polar surface area (TPSA) is 85.7 Å². The maximum Gasteiger partial charge on any atom is 0.276 e. The van der Waals surface area contributed by atoms with E-state index in [-0.39, 0.29) is 0 Å². The minimum atomic E-state index is -0.568. The minimum Gasteiger partial charge on any atom is -0.389 e. The third-order valence-electron chi connectivity index (χ3n) is 6.49. The van der Waals surface area contributed by atoms with Crippen molar-refractivity contribution >= 4 is 5.91 Å². The summed E-state index contributed by atoms with van der Waals surface area (Å²) in [6.07, 6.45) is 8.01. The van der Waals surface area contributed by atoms with Gasteiger partial charge in [-0.2, -0.15) is 0 Å². The standard InChI is InChI=1S/C20H29N3O3/c1-13-4-14-6-15(5-13)9-20(25,8-14)12-23-3-2-16-7-17(19(24)22-26)10-21-18(16)11-23/h7,10,13-15,25-26H,2-6,8-9,11-12H2,1H3,(H,22,24). The second-order valence-corrected chi connectivity index (χ2v) is 8.91. The average molecular weight is 359 g/mol. The molecule has 2 atom stereocenters. The van der Waals surface area contributed by atoms with Crippen LogP contribution < -0.4 is 5.48 Å². The fraction of sp³-hybridized carbons (Fsp3) is 0.700. The largest absolute Gasteiger partial charge is 0.389 e. The van der Waals surface area contributed by atoms with Crippen LogP contribution in [-0.4, -0.2) is 44.8 Å². The Morgan fingerprint density at radius 1 is 1.35 bits per heavy atom. The number of hydrogen-bond donors (Lipinski definition) is 3. The van der Waals surface area contributed by atoms with Crippen molar-refractivity contribution in [3.63, 3.8) is 0 Å². The number of rotatable bonds is 3. The van der Waals surface area contributed by atoms with E-state index in [1.807, 2.05) is 6.07 Å². The lowest BCUT2D eigenvalue weighted by Gasteiger charge is -2.48. The molecule has 2 fully saturated rings. The van der Waals surface area contributed by atoms with Crippen molar-refractivity contribution in [1.82, 2.24) is 15.4 Å². The van der Waals surface area contributed by atoms with Crippen molar-refractivity contribution in [3.05, 3.63) is 29.1 Å². The summed E-state index contributed by atoms with van der Waals surface area (Å²) in [7, 11) is 0. The zero-order valence-corrected chi connectivity index (χ0v) is 15.4. The van der Waals surface area contributed by atoms with Gasteiger partial charge in [-0.15, -0.1) is 0 Å². The zero-order chi connectivity index (χ0) is 18.3. The summed E-state index contributed by atoms with van der Waals surface area (Å²) in [5, 5.41) is 20.0. The van der Waals surface area contributed by atoms with Gasteiger partial charge in [0, 0.05) is 25.8 Å². The van der Waals surface area contributed by atoms with Crippen LogP contribution in [0.1, 0.15) is 60.6 Å². The molecule has 4 rings (SSSR count). The number of hydrogen-bond acceptors (Lipinski definition) is 5. The first-order valence-electron chi connectivity index (χ1n) is 9.81. The van der Waals surface area contributed by atoms with Crippen LogP contribution in [0.2, 0.25) is 0 Å². The smallest absolute Gasteiger partial charge is 0.276 e. The van der Waals surface area contributed by atoms with E-state index < -0.39 is 11.5 Å². The molecular weight excluding hydrogens is 330 g/mol. The maximum absolute atomic E-state index is 11.5. The highest BCUT2D eigenvalue weighted by atomic mass is 16.5. The van der Waals surface area contributed by atoms with Crippen LogP contribution in [0.25, 0.3) is 0 Å². The Balaban J connectivity index is 1.42. The summed E-state index contributed by atoms with van der Waals surface area (Å²) >= 11 is 0. The summed E-state index contributed by atoms with van der Waals surface area (Å²) < 4.78 is 0. The van der Waals surface area contributed by atoms with Gasteiger partial charge in [0.05, 0.1) is 16.9 Å². The zero-order valence-electron chi connectivity index (χ0n) is 15.4. The van der Waals surface area contributed by atoms with E-state index in [0.29, 0.717) is 30.5 Å². The highest BCUT2D eigenvalue weighted by Crippen LogP contribution is 2.46. The number of hydroxylamine groups is 1. The molecule has 1 amide bonds. The van der Waals surface area contributed by atoms with E-state index in [1.54, 1.807) is 5.48 Å². The van der Waals surface area contributed by atoms with Crippen LogP contribution >= 0.6 is 0 Å². The molecule has 3 N–H and O–H groups in total. The van der Waals surface area contributed by atoms with Gasteiger partial charge in [-0.1, -0.05) is 6.92 Å². The van der Waals surface area contributed by atoms with Crippen LogP contribution in [0.3, 0.4) is 0 Å². The molecule has 1 aliphatic heterocycles. The van der Waals surface area contributed by atoms with E-state index in [0.717, 1.165) is 43.0 Å². The van der Waals surface area contributed by atoms with Crippen molar-refractivity contribution in [2.45, 2.75) is 57.6 Å². The average Bonchev–Trinajstić information content (AvgIpc) is 2.59. The van der Waals surface area contributed by atoms with E-state index in [1.165, 1.54) is 25.5 Å². The Morgan fingerprint density at radius 2 is 2.08 bits per heavy atom. The number of nitrogens with one attached hydrogen (secondary N) is 1. The summed E-state index contributed by atoms with van der Waals surface area (Å²) in [6, 6.07) is 1.81. The molecule has 0 saturated heterocycles. The lowest BCUT2D eigenvalue weighted by molar-refractivity contribution is -0.0800. The summed E-state index contributed by atoms with van der Waals surface area (Å²) in [6.45, 7) is 4.65. The van der Waals surface area contributed by atoms with Crippen LogP contribution in [0.15, 0.2) is 12.3 Å². The fourth-order valence-electron chi connectivity index (χ4n) is 5.73. The Hall–Kier alpha value is -1.50. The molecule has 2 bridgehead atoms. The Kier molecular flexibility index (Phi) is 4.75. The maximum atomic E-state index is 11.5. The lowest BCUT2D eigenvalue weighted by atomic mass is 9.63. The monoisotopic (exact) mass is 359 g/mol. The molecule has 2 unspecified atom stereocenters. The first-order chi connectivity index (χ1) is 12.4. The molecule has 2 heterocycles. The van der Waals surface area contributed by atoms with Gasteiger partial charge in [-0.05, 0) is 67.9 Å². The molecule has 0 spiro atoms. The number of carbonyl (C=O) groups excluding carboxylic acids is 1. The molecule has 1 aromatic rings. The first-order valence-corrected chi connectivity index (χ1v) is 9.81. The van der Waals surface area contributed by atoms with Gasteiger partial charge < -0.3 is 5.11 Å². The van der Waals surface area contributed by atoms with Crippen LogP contribution in [0.5, 0.6) is 0 Å². The van der Waals surface area contributed by atoms with Gasteiger partial charge >= 0.3 is 0 Å². The number of carbonyl (C=O) groups is 1. The number of nitrogens with zero attached hydrogens (tertiary/aromatic N) is 2. The predicted molar refractivity (Wildman–Crippen MR) is 96.6 cm³/mol. The van der Waals surface area contributed by atoms with Crippen LogP contribution in [0, 0.1) is 17.8 Å². The molecule has 0 aromatic carbocycles. The van der Waals surface area contributed by atoms with E-state index in [4.69, 9.17) is 5.21 Å². The van der Waals surface area contributed by atoms with Gasteiger partial charge in [0.2, 0.25) is 0 Å². The molecule has 0 radical (unpaired) electrons. The molecule has 2 aliphatic carbocycles. The Labute approximate surface area is 154 Å². The van der Waals surface area contributed by atoms with E-state index >= 15 is 0 Å². The molecule has 3 aliphatic rings. The number of aromatic nitrogens is 1. The van der Waals surface area contributed by atoms with Gasteiger partial charge in [0.1, 0.15) is 0 Å². The van der Waals surface area contributed by atoms with E-state index in [9.17, 15) is 9.90 Å². The van der Waals surface area contributed by atoms with Gasteiger partial charge in [-0.3, -0.25) is 19.9 Å².